The van der Waals surface area contributed by atoms with Gasteiger partial charge in [-0.05, 0) is 55.3 Å². The first-order valence-electron chi connectivity index (χ1n) is 12.0. The van der Waals surface area contributed by atoms with E-state index in [0.29, 0.717) is 36.0 Å². The lowest BCUT2D eigenvalue weighted by molar-refractivity contribution is 0.144. The molecule has 3 aromatic heterocycles. The second-order valence-electron chi connectivity index (χ2n) is 9.50. The van der Waals surface area contributed by atoms with Crippen LogP contribution in [-0.2, 0) is 29.7 Å². The minimum atomic E-state index is -0.284. The Morgan fingerprint density at radius 3 is 2.83 bits per heavy atom. The number of fused-ring (bicyclic) bond motifs is 2. The van der Waals surface area contributed by atoms with E-state index in [0.717, 1.165) is 30.9 Å². The van der Waals surface area contributed by atoms with Crippen LogP contribution in [0, 0.1) is 0 Å². The van der Waals surface area contributed by atoms with Crippen LogP contribution < -0.4 is 16.2 Å². The molecular weight excluding hydrogens is 442 g/mol. The second-order valence-corrected chi connectivity index (χ2v) is 9.50. The van der Waals surface area contributed by atoms with Gasteiger partial charge in [-0.25, -0.2) is 19.3 Å². The summed E-state index contributed by atoms with van der Waals surface area (Å²) in [7, 11) is 1.68. The van der Waals surface area contributed by atoms with Crippen LogP contribution in [0.1, 0.15) is 37.6 Å². The van der Waals surface area contributed by atoms with Gasteiger partial charge < -0.3 is 15.4 Å². The van der Waals surface area contributed by atoms with Crippen LogP contribution in [0.4, 0.5) is 11.6 Å². The summed E-state index contributed by atoms with van der Waals surface area (Å²) >= 11 is 0. The molecular formula is C26H31N7O2. The van der Waals surface area contributed by atoms with Gasteiger partial charge in [-0.2, -0.15) is 4.98 Å². The van der Waals surface area contributed by atoms with E-state index in [-0.39, 0.29) is 11.0 Å². The molecule has 0 atom stereocenters. The van der Waals surface area contributed by atoms with Gasteiger partial charge in [-0.15, -0.1) is 0 Å². The molecule has 4 aromatic rings. The van der Waals surface area contributed by atoms with Crippen LogP contribution in [-0.4, -0.2) is 44.6 Å². The highest BCUT2D eigenvalue weighted by Crippen LogP contribution is 2.25. The number of nitrogens with one attached hydrogen (secondary N) is 2. The molecule has 4 heterocycles. The fourth-order valence-corrected chi connectivity index (χ4v) is 4.65. The van der Waals surface area contributed by atoms with Gasteiger partial charge in [0.15, 0.2) is 11.5 Å². The van der Waals surface area contributed by atoms with Crippen molar-refractivity contribution >= 4 is 22.7 Å². The molecule has 35 heavy (non-hydrogen) atoms. The summed E-state index contributed by atoms with van der Waals surface area (Å²) in [6, 6.07) is 12.1. The van der Waals surface area contributed by atoms with E-state index in [1.165, 1.54) is 11.1 Å². The van der Waals surface area contributed by atoms with Crippen molar-refractivity contribution in [2.75, 3.05) is 25.6 Å². The first kappa shape index (κ1) is 23.2. The lowest BCUT2D eigenvalue weighted by Gasteiger charge is -2.23. The van der Waals surface area contributed by atoms with Crippen LogP contribution in [0.2, 0.25) is 0 Å². The summed E-state index contributed by atoms with van der Waals surface area (Å²) in [5.41, 5.74) is 4.52. The molecule has 5 rings (SSSR count). The zero-order chi connectivity index (χ0) is 24.6. The van der Waals surface area contributed by atoms with E-state index >= 15 is 0 Å². The number of aromatic nitrogens is 5. The Hall–Kier alpha value is -3.56. The molecule has 0 saturated heterocycles. The predicted octanol–water partition coefficient (Wildman–Crippen LogP) is 3.31. The van der Waals surface area contributed by atoms with E-state index in [1.807, 2.05) is 31.2 Å². The zero-order valence-corrected chi connectivity index (χ0v) is 20.6. The quantitative estimate of drug-likeness (QED) is 0.425. The zero-order valence-electron chi connectivity index (χ0n) is 20.6. The summed E-state index contributed by atoms with van der Waals surface area (Å²) < 4.78 is 8.83. The highest BCUT2D eigenvalue weighted by Gasteiger charge is 2.24. The fraction of sp³-hybridized carbons (Fsp3) is 0.385. The van der Waals surface area contributed by atoms with Crippen molar-refractivity contribution in [3.8, 4) is 5.82 Å². The van der Waals surface area contributed by atoms with Gasteiger partial charge in [0.1, 0.15) is 5.39 Å². The maximum absolute atomic E-state index is 13.2. The molecule has 1 aliphatic heterocycles. The molecule has 9 nitrogen and oxygen atoms in total. The van der Waals surface area contributed by atoms with Crippen molar-refractivity contribution in [1.82, 2.24) is 29.6 Å². The third-order valence-electron chi connectivity index (χ3n) is 6.47. The number of ether oxygens (including phenoxy) is 1. The van der Waals surface area contributed by atoms with Crippen LogP contribution in [0.15, 0.2) is 47.4 Å². The highest BCUT2D eigenvalue weighted by molar-refractivity contribution is 5.77. The van der Waals surface area contributed by atoms with Crippen molar-refractivity contribution in [3.05, 3.63) is 69.8 Å². The Bertz CT molecular complexity index is 1440. The molecule has 1 aromatic carbocycles. The molecule has 9 heteroatoms. The lowest BCUT2D eigenvalue weighted by Crippen LogP contribution is -2.26. The molecule has 0 saturated carbocycles. The number of benzene rings is 1. The number of nitrogens with zero attached hydrogens (tertiary/aromatic N) is 5. The molecule has 0 unspecified atom stereocenters. The Morgan fingerprint density at radius 1 is 1.17 bits per heavy atom. The Labute approximate surface area is 204 Å². The number of methoxy groups -OCH3 is 1. The fourth-order valence-electron chi connectivity index (χ4n) is 4.65. The number of rotatable bonds is 7. The van der Waals surface area contributed by atoms with E-state index in [4.69, 9.17) is 14.7 Å². The summed E-state index contributed by atoms with van der Waals surface area (Å²) in [6.45, 7) is 8.97. The van der Waals surface area contributed by atoms with Crippen molar-refractivity contribution in [3.63, 3.8) is 0 Å². The topological polar surface area (TPSA) is 98.9 Å². The number of hydrogen-bond donors (Lipinski definition) is 2. The third kappa shape index (κ3) is 4.33. The molecule has 0 spiro atoms. The van der Waals surface area contributed by atoms with Crippen LogP contribution >= 0.6 is 0 Å². The van der Waals surface area contributed by atoms with Crippen molar-refractivity contribution in [2.45, 2.75) is 45.7 Å². The van der Waals surface area contributed by atoms with Crippen LogP contribution in [0.3, 0.4) is 0 Å². The molecule has 0 radical (unpaired) electrons. The van der Waals surface area contributed by atoms with Gasteiger partial charge in [0.25, 0.3) is 5.56 Å². The molecule has 2 N–H and O–H groups in total. The second kappa shape index (κ2) is 9.24. The summed E-state index contributed by atoms with van der Waals surface area (Å²) in [4.78, 5) is 27.3. The first-order valence-corrected chi connectivity index (χ1v) is 12.0. The van der Waals surface area contributed by atoms with E-state index in [2.05, 4.69) is 41.6 Å². The van der Waals surface area contributed by atoms with Gasteiger partial charge in [-0.1, -0.05) is 26.0 Å². The molecule has 1 aliphatic rings. The molecule has 0 bridgehead atoms. The monoisotopic (exact) mass is 473 g/mol. The van der Waals surface area contributed by atoms with Crippen molar-refractivity contribution in [1.29, 1.82) is 0 Å². The van der Waals surface area contributed by atoms with Gasteiger partial charge in [0.2, 0.25) is 5.95 Å². The van der Waals surface area contributed by atoms with Gasteiger partial charge in [-0.3, -0.25) is 4.79 Å². The smallest absolute Gasteiger partial charge is 0.278 e. The van der Waals surface area contributed by atoms with E-state index in [1.54, 1.807) is 22.7 Å². The van der Waals surface area contributed by atoms with Gasteiger partial charge >= 0.3 is 0 Å². The Kier molecular flexibility index (Phi) is 6.12. The van der Waals surface area contributed by atoms with E-state index in [9.17, 15) is 4.79 Å². The predicted molar refractivity (Wildman–Crippen MR) is 137 cm³/mol. The largest absolute Gasteiger partial charge is 0.384 e. The average Bonchev–Trinajstić information content (AvgIpc) is 3.15. The Morgan fingerprint density at radius 2 is 2.03 bits per heavy atom. The first-order chi connectivity index (χ1) is 16.9. The molecule has 0 amide bonds. The minimum absolute atomic E-state index is 0.141. The maximum atomic E-state index is 13.2. The number of anilines is 2. The standard InChI is InChI=1S/C26H31N7O2/c1-5-32-24(34)20-15-28-25(29-19-10-9-17-11-12-27-14-18(17)13-19)31-23(20)33(32)22-8-6-7-21(30-22)26(2,3)16-35-4/h6-10,13,15,27H,5,11-12,14,16H2,1-4H3,(H,28,29,31). The lowest BCUT2D eigenvalue weighted by atomic mass is 9.90. The molecule has 182 valence electrons. The van der Waals surface area contributed by atoms with E-state index < -0.39 is 0 Å². The van der Waals surface area contributed by atoms with Gasteiger partial charge in [0.05, 0.1) is 12.3 Å². The number of hydrogen-bond acceptors (Lipinski definition) is 7. The van der Waals surface area contributed by atoms with Crippen LogP contribution in [0.5, 0.6) is 0 Å². The highest BCUT2D eigenvalue weighted by atomic mass is 16.5. The molecule has 0 aliphatic carbocycles. The summed E-state index contributed by atoms with van der Waals surface area (Å²) in [6.07, 6.45) is 2.62. The average molecular weight is 474 g/mol. The molecule has 0 fully saturated rings. The number of pyridine rings is 1. The Balaban J connectivity index is 1.58. The summed E-state index contributed by atoms with van der Waals surface area (Å²) in [5.74, 6) is 1.06. The van der Waals surface area contributed by atoms with Crippen molar-refractivity contribution in [2.24, 2.45) is 0 Å². The normalized spacial score (nSPS) is 13.7. The minimum Gasteiger partial charge on any atom is -0.384 e. The summed E-state index contributed by atoms with van der Waals surface area (Å²) in [5, 5.41) is 7.17. The SMILES string of the molecule is CCn1c(=O)c2cnc(Nc3ccc4c(c3)CNCC4)nc2n1-c1cccc(C(C)(C)COC)n1. The maximum Gasteiger partial charge on any atom is 0.278 e. The van der Waals surface area contributed by atoms with Gasteiger partial charge in [0, 0.05) is 37.5 Å². The van der Waals surface area contributed by atoms with Crippen molar-refractivity contribution < 1.29 is 4.74 Å². The van der Waals surface area contributed by atoms with Crippen LogP contribution in [0.25, 0.3) is 16.9 Å². The third-order valence-corrected chi connectivity index (χ3v) is 6.47.